The topological polar surface area (TPSA) is 77.1 Å². The molecule has 1 N–H and O–H groups in total. The van der Waals surface area contributed by atoms with Crippen molar-refractivity contribution < 1.29 is 0 Å². The Labute approximate surface area is 152 Å². The summed E-state index contributed by atoms with van der Waals surface area (Å²) in [6.07, 6.45) is 1.65. The lowest BCUT2D eigenvalue weighted by molar-refractivity contribution is 0.641. The Hall–Kier alpha value is -2.90. The first-order chi connectivity index (χ1) is 12.5. The van der Waals surface area contributed by atoms with Crippen molar-refractivity contribution in [2.24, 2.45) is 0 Å². The van der Waals surface area contributed by atoms with Crippen molar-refractivity contribution in [1.82, 2.24) is 24.9 Å². The summed E-state index contributed by atoms with van der Waals surface area (Å²) in [6, 6.07) is 4.11. The molecule has 136 valence electrons. The highest BCUT2D eigenvalue weighted by Gasteiger charge is 2.22. The van der Waals surface area contributed by atoms with Crippen LogP contribution in [0.5, 0.6) is 0 Å². The smallest absolute Gasteiger partial charge is 0.226 e. The average molecular weight is 352 g/mol. The standard InChI is InChI=1S/C18H24N8/c1-12-9-14-16(21-12)17(20-11-19-14)26-7-5-25(6-8-26)15-10-13(2)22-18(23-15)24(3)4/h9-11,21H,5-8H2,1-4H3. The van der Waals surface area contributed by atoms with E-state index in [1.165, 1.54) is 0 Å². The fourth-order valence-electron chi connectivity index (χ4n) is 3.34. The fourth-order valence-corrected chi connectivity index (χ4v) is 3.34. The third-order valence-electron chi connectivity index (χ3n) is 4.66. The van der Waals surface area contributed by atoms with Gasteiger partial charge in [-0.1, -0.05) is 0 Å². The predicted octanol–water partition coefficient (Wildman–Crippen LogP) is 1.76. The van der Waals surface area contributed by atoms with Crippen LogP contribution in [0.15, 0.2) is 18.5 Å². The van der Waals surface area contributed by atoms with Gasteiger partial charge in [-0.3, -0.25) is 0 Å². The second kappa shape index (κ2) is 6.44. The number of hydrogen-bond acceptors (Lipinski definition) is 7. The van der Waals surface area contributed by atoms with Crippen molar-refractivity contribution in [2.75, 3.05) is 55.0 Å². The molecule has 8 heteroatoms. The molecule has 3 aromatic heterocycles. The van der Waals surface area contributed by atoms with Crippen molar-refractivity contribution in [3.8, 4) is 0 Å². The Morgan fingerprint density at radius 1 is 0.962 bits per heavy atom. The molecule has 4 rings (SSSR count). The molecule has 8 nitrogen and oxygen atoms in total. The number of aromatic nitrogens is 5. The number of nitrogens with zero attached hydrogens (tertiary/aromatic N) is 7. The van der Waals surface area contributed by atoms with Gasteiger partial charge in [-0.15, -0.1) is 0 Å². The average Bonchev–Trinajstić information content (AvgIpc) is 3.01. The summed E-state index contributed by atoms with van der Waals surface area (Å²) in [5, 5.41) is 0. The first-order valence-corrected chi connectivity index (χ1v) is 8.84. The SMILES string of the molecule is Cc1cc(N2CCN(c3ncnc4cc(C)[nH]c34)CC2)nc(N(C)C)n1. The zero-order chi connectivity index (χ0) is 18.3. The first kappa shape index (κ1) is 16.6. The van der Waals surface area contributed by atoms with E-state index in [1.54, 1.807) is 6.33 Å². The van der Waals surface area contributed by atoms with Gasteiger partial charge in [0, 0.05) is 57.7 Å². The van der Waals surface area contributed by atoms with Crippen molar-refractivity contribution in [2.45, 2.75) is 13.8 Å². The van der Waals surface area contributed by atoms with Gasteiger partial charge >= 0.3 is 0 Å². The monoisotopic (exact) mass is 352 g/mol. The lowest BCUT2D eigenvalue weighted by Gasteiger charge is -2.36. The number of anilines is 3. The number of piperazine rings is 1. The van der Waals surface area contributed by atoms with Crippen LogP contribution in [0.1, 0.15) is 11.4 Å². The highest BCUT2D eigenvalue weighted by Crippen LogP contribution is 2.25. The molecule has 0 radical (unpaired) electrons. The van der Waals surface area contributed by atoms with Gasteiger partial charge in [-0.25, -0.2) is 15.0 Å². The molecule has 1 aliphatic heterocycles. The van der Waals surface area contributed by atoms with E-state index in [0.717, 1.165) is 66.2 Å². The molecule has 4 heterocycles. The first-order valence-electron chi connectivity index (χ1n) is 8.84. The van der Waals surface area contributed by atoms with Crippen LogP contribution in [-0.2, 0) is 0 Å². The number of nitrogens with one attached hydrogen (secondary N) is 1. The second-order valence-electron chi connectivity index (χ2n) is 6.95. The summed E-state index contributed by atoms with van der Waals surface area (Å²) in [5.41, 5.74) is 4.08. The summed E-state index contributed by atoms with van der Waals surface area (Å²) in [6.45, 7) is 7.64. The molecule has 0 saturated carbocycles. The third kappa shape index (κ3) is 3.02. The largest absolute Gasteiger partial charge is 0.354 e. The highest BCUT2D eigenvalue weighted by molar-refractivity contribution is 5.86. The molecule has 3 aromatic rings. The van der Waals surface area contributed by atoms with Gasteiger partial charge in [-0.2, -0.15) is 4.98 Å². The van der Waals surface area contributed by atoms with E-state index in [4.69, 9.17) is 4.98 Å². The van der Waals surface area contributed by atoms with Gasteiger partial charge in [-0.05, 0) is 19.9 Å². The van der Waals surface area contributed by atoms with Crippen LogP contribution in [0.2, 0.25) is 0 Å². The van der Waals surface area contributed by atoms with E-state index in [0.29, 0.717) is 0 Å². The molecule has 0 aromatic carbocycles. The minimum atomic E-state index is 0.752. The zero-order valence-corrected chi connectivity index (χ0v) is 15.7. The molecular weight excluding hydrogens is 328 g/mol. The van der Waals surface area contributed by atoms with E-state index in [9.17, 15) is 0 Å². The maximum Gasteiger partial charge on any atom is 0.226 e. The molecule has 0 amide bonds. The van der Waals surface area contributed by atoms with Gasteiger partial charge in [0.05, 0.1) is 5.52 Å². The minimum absolute atomic E-state index is 0.752. The molecule has 0 spiro atoms. The molecule has 1 fully saturated rings. The summed E-state index contributed by atoms with van der Waals surface area (Å²) in [4.78, 5) is 28.0. The maximum absolute atomic E-state index is 4.70. The molecule has 0 bridgehead atoms. The molecular formula is C18H24N8. The second-order valence-corrected chi connectivity index (χ2v) is 6.95. The summed E-state index contributed by atoms with van der Waals surface area (Å²) in [7, 11) is 3.93. The summed E-state index contributed by atoms with van der Waals surface area (Å²) >= 11 is 0. The Morgan fingerprint density at radius 2 is 1.69 bits per heavy atom. The van der Waals surface area contributed by atoms with Crippen LogP contribution in [0.4, 0.5) is 17.6 Å². The van der Waals surface area contributed by atoms with Gasteiger partial charge in [0.25, 0.3) is 0 Å². The van der Waals surface area contributed by atoms with Gasteiger partial charge in [0.15, 0.2) is 5.82 Å². The Morgan fingerprint density at radius 3 is 2.42 bits per heavy atom. The fraction of sp³-hybridized carbons (Fsp3) is 0.444. The van der Waals surface area contributed by atoms with Crippen LogP contribution >= 0.6 is 0 Å². The highest BCUT2D eigenvalue weighted by atomic mass is 15.3. The number of aromatic amines is 1. The van der Waals surface area contributed by atoms with Crippen molar-refractivity contribution >= 4 is 28.6 Å². The Kier molecular flexibility index (Phi) is 4.10. The van der Waals surface area contributed by atoms with Gasteiger partial charge < -0.3 is 19.7 Å². The number of fused-ring (bicyclic) bond motifs is 1. The quantitative estimate of drug-likeness (QED) is 0.769. The minimum Gasteiger partial charge on any atom is -0.354 e. The molecule has 0 atom stereocenters. The van der Waals surface area contributed by atoms with Gasteiger partial charge in [0.2, 0.25) is 5.95 Å². The van der Waals surface area contributed by atoms with Gasteiger partial charge in [0.1, 0.15) is 17.7 Å². The number of rotatable bonds is 3. The van der Waals surface area contributed by atoms with Crippen LogP contribution < -0.4 is 14.7 Å². The van der Waals surface area contributed by atoms with Crippen LogP contribution in [-0.4, -0.2) is 65.2 Å². The Balaban J connectivity index is 1.54. The van der Waals surface area contributed by atoms with Crippen LogP contribution in [0.3, 0.4) is 0 Å². The maximum atomic E-state index is 4.70. The van der Waals surface area contributed by atoms with E-state index in [2.05, 4.69) is 41.9 Å². The lowest BCUT2D eigenvalue weighted by Crippen LogP contribution is -2.47. The van der Waals surface area contributed by atoms with E-state index >= 15 is 0 Å². The Bertz CT molecular complexity index is 924. The van der Waals surface area contributed by atoms with Crippen molar-refractivity contribution in [1.29, 1.82) is 0 Å². The molecule has 0 unspecified atom stereocenters. The molecule has 0 aliphatic carbocycles. The van der Waals surface area contributed by atoms with Crippen LogP contribution in [0, 0.1) is 13.8 Å². The molecule has 1 aliphatic rings. The summed E-state index contributed by atoms with van der Waals surface area (Å²) < 4.78 is 0. The molecule has 1 saturated heterocycles. The zero-order valence-electron chi connectivity index (χ0n) is 15.7. The number of hydrogen-bond donors (Lipinski definition) is 1. The van der Waals surface area contributed by atoms with Crippen molar-refractivity contribution in [3.63, 3.8) is 0 Å². The normalized spacial score (nSPS) is 14.9. The van der Waals surface area contributed by atoms with E-state index in [1.807, 2.05) is 32.8 Å². The number of H-pyrrole nitrogens is 1. The van der Waals surface area contributed by atoms with E-state index in [-0.39, 0.29) is 0 Å². The van der Waals surface area contributed by atoms with E-state index < -0.39 is 0 Å². The van der Waals surface area contributed by atoms with Crippen molar-refractivity contribution in [3.05, 3.63) is 29.8 Å². The predicted molar refractivity (Wildman–Crippen MR) is 104 cm³/mol. The number of aryl methyl sites for hydroxylation is 2. The molecule has 26 heavy (non-hydrogen) atoms. The van der Waals surface area contributed by atoms with Crippen LogP contribution in [0.25, 0.3) is 11.0 Å². The third-order valence-corrected chi connectivity index (χ3v) is 4.66. The lowest BCUT2D eigenvalue weighted by atomic mass is 10.3. The summed E-state index contributed by atoms with van der Waals surface area (Å²) in [5.74, 6) is 2.72.